The Kier molecular flexibility index (Phi) is 8.09. The molecule has 3 rings (SSSR count). The zero-order valence-corrected chi connectivity index (χ0v) is 17.0. The summed E-state index contributed by atoms with van der Waals surface area (Å²) in [6.07, 6.45) is 2.67. The van der Waals surface area contributed by atoms with Crippen LogP contribution in [0, 0.1) is 0 Å². The highest BCUT2D eigenvalue weighted by molar-refractivity contribution is 6.30. The Morgan fingerprint density at radius 1 is 1.15 bits per heavy atom. The number of nitrogens with zero attached hydrogens (tertiary/aromatic N) is 4. The normalized spacial score (nSPS) is 10.6. The summed E-state index contributed by atoms with van der Waals surface area (Å²) in [6, 6.07) is 7.74. The van der Waals surface area contributed by atoms with Crippen molar-refractivity contribution >= 4 is 46.8 Å². The molecular weight excluding hydrogens is 387 g/mol. The Labute approximate surface area is 169 Å². The van der Waals surface area contributed by atoms with E-state index in [9.17, 15) is 0 Å². The molecule has 0 radical (unpaired) electrons. The molecule has 27 heavy (non-hydrogen) atoms. The second kappa shape index (κ2) is 10.3. The van der Waals surface area contributed by atoms with Crippen molar-refractivity contribution in [2.45, 2.75) is 19.9 Å². The minimum absolute atomic E-state index is 0. The maximum absolute atomic E-state index is 5.94. The van der Waals surface area contributed by atoms with E-state index >= 15 is 0 Å². The van der Waals surface area contributed by atoms with Crippen LogP contribution < -0.4 is 10.6 Å². The number of anilines is 2. The predicted molar refractivity (Wildman–Crippen MR) is 112 cm³/mol. The summed E-state index contributed by atoms with van der Waals surface area (Å²) < 4.78 is 7.10. The molecule has 0 aliphatic carbocycles. The van der Waals surface area contributed by atoms with Crippen LogP contribution in [0.2, 0.25) is 5.02 Å². The van der Waals surface area contributed by atoms with Crippen LogP contribution in [0.25, 0.3) is 11.0 Å². The molecule has 0 bridgehead atoms. The molecule has 7 nitrogen and oxygen atoms in total. The van der Waals surface area contributed by atoms with Gasteiger partial charge < -0.3 is 15.4 Å². The van der Waals surface area contributed by atoms with Gasteiger partial charge in [0.15, 0.2) is 5.65 Å². The summed E-state index contributed by atoms with van der Waals surface area (Å²) in [4.78, 5) is 9.17. The second-order valence-corrected chi connectivity index (χ2v) is 6.29. The van der Waals surface area contributed by atoms with Gasteiger partial charge in [-0.2, -0.15) is 15.1 Å². The number of ether oxygens (including phenoxy) is 1. The first-order valence-electron chi connectivity index (χ1n) is 8.67. The third-order valence-corrected chi connectivity index (χ3v) is 4.17. The number of hydrogen-bond donors (Lipinski definition) is 2. The minimum atomic E-state index is 0. The van der Waals surface area contributed by atoms with Crippen LogP contribution in [-0.4, -0.2) is 39.5 Å². The number of nitrogens with one attached hydrogen (secondary N) is 2. The standard InChI is InChI=1S/C18H23ClN6O.ClH/c1-3-26-10-4-9-20-18-23-16(15-12-22-25(2)17(15)24-18)21-11-13-5-7-14(19)8-6-13;/h5-8,12H,3-4,9-11H2,1-2H3,(H2,20,21,23,24);1H. The highest BCUT2D eigenvalue weighted by Gasteiger charge is 2.11. The van der Waals surface area contributed by atoms with Gasteiger partial charge in [-0.25, -0.2) is 0 Å². The molecule has 0 saturated heterocycles. The Bertz CT molecular complexity index is 853. The summed E-state index contributed by atoms with van der Waals surface area (Å²) in [7, 11) is 1.87. The van der Waals surface area contributed by atoms with Crippen molar-refractivity contribution in [2.75, 3.05) is 30.4 Å². The molecule has 146 valence electrons. The van der Waals surface area contributed by atoms with E-state index in [1.54, 1.807) is 10.9 Å². The monoisotopic (exact) mass is 410 g/mol. The van der Waals surface area contributed by atoms with Crippen LogP contribution in [0.3, 0.4) is 0 Å². The minimum Gasteiger partial charge on any atom is -0.382 e. The van der Waals surface area contributed by atoms with E-state index in [0.717, 1.165) is 53.6 Å². The molecule has 9 heteroatoms. The van der Waals surface area contributed by atoms with Crippen molar-refractivity contribution in [1.29, 1.82) is 0 Å². The van der Waals surface area contributed by atoms with Crippen molar-refractivity contribution in [2.24, 2.45) is 7.05 Å². The zero-order chi connectivity index (χ0) is 18.4. The van der Waals surface area contributed by atoms with E-state index in [2.05, 4.69) is 25.7 Å². The fourth-order valence-corrected chi connectivity index (χ4v) is 2.67. The van der Waals surface area contributed by atoms with Gasteiger partial charge in [-0.15, -0.1) is 12.4 Å². The van der Waals surface area contributed by atoms with Crippen LogP contribution in [-0.2, 0) is 18.3 Å². The second-order valence-electron chi connectivity index (χ2n) is 5.86. The molecule has 0 saturated carbocycles. The first-order valence-corrected chi connectivity index (χ1v) is 9.05. The zero-order valence-electron chi connectivity index (χ0n) is 15.4. The molecule has 2 aromatic heterocycles. The van der Waals surface area contributed by atoms with Gasteiger partial charge in [-0.05, 0) is 31.0 Å². The molecule has 1 aromatic carbocycles. The maximum atomic E-state index is 5.94. The van der Waals surface area contributed by atoms with Gasteiger partial charge in [0, 0.05) is 38.4 Å². The summed E-state index contributed by atoms with van der Waals surface area (Å²) >= 11 is 5.94. The van der Waals surface area contributed by atoms with Gasteiger partial charge in [0.2, 0.25) is 5.95 Å². The average Bonchev–Trinajstić information content (AvgIpc) is 3.02. The molecule has 0 amide bonds. The quantitative estimate of drug-likeness (QED) is 0.521. The molecule has 0 fully saturated rings. The van der Waals surface area contributed by atoms with Gasteiger partial charge in [0.1, 0.15) is 5.82 Å². The number of halogens is 2. The van der Waals surface area contributed by atoms with E-state index in [0.29, 0.717) is 12.5 Å². The van der Waals surface area contributed by atoms with E-state index in [4.69, 9.17) is 16.3 Å². The Morgan fingerprint density at radius 3 is 2.67 bits per heavy atom. The first kappa shape index (κ1) is 21.2. The van der Waals surface area contributed by atoms with Crippen LogP contribution in [0.1, 0.15) is 18.9 Å². The Hall–Kier alpha value is -2.09. The number of aromatic nitrogens is 4. The molecule has 2 heterocycles. The number of rotatable bonds is 9. The van der Waals surface area contributed by atoms with Crippen LogP contribution in [0.4, 0.5) is 11.8 Å². The van der Waals surface area contributed by atoms with Crippen LogP contribution >= 0.6 is 24.0 Å². The molecule has 3 aromatic rings. The maximum Gasteiger partial charge on any atom is 0.226 e. The highest BCUT2D eigenvalue weighted by Crippen LogP contribution is 2.22. The lowest BCUT2D eigenvalue weighted by molar-refractivity contribution is 0.147. The molecule has 0 atom stereocenters. The van der Waals surface area contributed by atoms with E-state index in [1.165, 1.54) is 0 Å². The third-order valence-electron chi connectivity index (χ3n) is 3.92. The summed E-state index contributed by atoms with van der Waals surface area (Å²) in [5.41, 5.74) is 1.90. The SMILES string of the molecule is CCOCCCNc1nc(NCc2ccc(Cl)cc2)c2cnn(C)c2n1.Cl. The Balaban J connectivity index is 0.00000261. The number of fused-ring (bicyclic) bond motifs is 1. The van der Waals surface area contributed by atoms with Gasteiger partial charge in [-0.3, -0.25) is 4.68 Å². The lowest BCUT2D eigenvalue weighted by Gasteiger charge is -2.10. The molecule has 0 aliphatic rings. The molecular formula is C18H24Cl2N6O. The largest absolute Gasteiger partial charge is 0.382 e. The number of hydrogen-bond acceptors (Lipinski definition) is 6. The average molecular weight is 411 g/mol. The summed E-state index contributed by atoms with van der Waals surface area (Å²) in [6.45, 7) is 4.84. The molecule has 0 aliphatic heterocycles. The molecule has 0 unspecified atom stereocenters. The van der Waals surface area contributed by atoms with Gasteiger partial charge in [0.05, 0.1) is 11.6 Å². The van der Waals surface area contributed by atoms with Crippen molar-refractivity contribution in [3.63, 3.8) is 0 Å². The van der Waals surface area contributed by atoms with E-state index in [1.807, 2.05) is 38.2 Å². The van der Waals surface area contributed by atoms with Gasteiger partial charge in [0.25, 0.3) is 0 Å². The van der Waals surface area contributed by atoms with Crippen LogP contribution in [0.15, 0.2) is 30.5 Å². The van der Waals surface area contributed by atoms with Crippen molar-refractivity contribution in [3.8, 4) is 0 Å². The molecule has 0 spiro atoms. The van der Waals surface area contributed by atoms with Crippen molar-refractivity contribution < 1.29 is 4.74 Å². The first-order chi connectivity index (χ1) is 12.7. The summed E-state index contributed by atoms with van der Waals surface area (Å²) in [5, 5.41) is 12.5. The van der Waals surface area contributed by atoms with Gasteiger partial charge in [-0.1, -0.05) is 23.7 Å². The predicted octanol–water partition coefficient (Wildman–Crippen LogP) is 3.89. The van der Waals surface area contributed by atoms with E-state index < -0.39 is 0 Å². The highest BCUT2D eigenvalue weighted by atomic mass is 35.5. The van der Waals surface area contributed by atoms with E-state index in [-0.39, 0.29) is 12.4 Å². The summed E-state index contributed by atoms with van der Waals surface area (Å²) in [5.74, 6) is 1.33. The lowest BCUT2D eigenvalue weighted by Crippen LogP contribution is -2.11. The van der Waals surface area contributed by atoms with Crippen LogP contribution in [0.5, 0.6) is 0 Å². The fraction of sp³-hybridized carbons (Fsp3) is 0.389. The Morgan fingerprint density at radius 2 is 1.93 bits per heavy atom. The van der Waals surface area contributed by atoms with Gasteiger partial charge >= 0.3 is 0 Å². The topological polar surface area (TPSA) is 76.9 Å². The number of benzene rings is 1. The van der Waals surface area contributed by atoms with Crippen molar-refractivity contribution in [3.05, 3.63) is 41.0 Å². The third kappa shape index (κ3) is 5.69. The lowest BCUT2D eigenvalue weighted by atomic mass is 10.2. The fourth-order valence-electron chi connectivity index (χ4n) is 2.54. The number of aryl methyl sites for hydroxylation is 1. The molecule has 2 N–H and O–H groups in total. The smallest absolute Gasteiger partial charge is 0.226 e. The van der Waals surface area contributed by atoms with Crippen molar-refractivity contribution in [1.82, 2.24) is 19.7 Å².